The number of pyridine rings is 1. The predicted molar refractivity (Wildman–Crippen MR) is 109 cm³/mol. The molecule has 2 heterocycles. The number of sulfonamides is 1. The van der Waals surface area contributed by atoms with Crippen molar-refractivity contribution >= 4 is 54.7 Å². The molecule has 1 aromatic carbocycles. The van der Waals surface area contributed by atoms with Gasteiger partial charge in [0.05, 0.1) is 0 Å². The highest BCUT2D eigenvalue weighted by Gasteiger charge is 2.19. The Kier molecular flexibility index (Phi) is 6.09. The van der Waals surface area contributed by atoms with E-state index >= 15 is 0 Å². The van der Waals surface area contributed by atoms with E-state index in [4.69, 9.17) is 0 Å². The Morgan fingerprint density at radius 3 is 2.48 bits per heavy atom. The highest BCUT2D eigenvalue weighted by atomic mass is 79.9. The van der Waals surface area contributed by atoms with E-state index in [-0.39, 0.29) is 10.2 Å². The van der Waals surface area contributed by atoms with Gasteiger partial charge in [0.15, 0.2) is 4.21 Å². The normalized spacial score (nSPS) is 11.0. The number of carbonyl (C=O) groups excluding carboxylic acids is 1. The molecule has 0 aliphatic heterocycles. The molecule has 0 spiro atoms. The van der Waals surface area contributed by atoms with Crippen LogP contribution in [-0.4, -0.2) is 19.4 Å². The number of amides is 2. The zero-order valence-corrected chi connectivity index (χ0v) is 17.1. The molecule has 0 saturated carbocycles. The van der Waals surface area contributed by atoms with E-state index in [9.17, 15) is 13.2 Å². The van der Waals surface area contributed by atoms with Gasteiger partial charge in [0, 0.05) is 34.8 Å². The molecule has 0 radical (unpaired) electrons. The van der Waals surface area contributed by atoms with Crippen LogP contribution in [-0.2, 0) is 16.6 Å². The topological polar surface area (TPSA) is 100 Å². The molecular formula is C17H15BrN4O3S2. The summed E-state index contributed by atoms with van der Waals surface area (Å²) >= 11 is 4.34. The Morgan fingerprint density at radius 2 is 1.85 bits per heavy atom. The van der Waals surface area contributed by atoms with E-state index in [0.29, 0.717) is 22.4 Å². The molecule has 2 aromatic heterocycles. The number of thiophene rings is 1. The van der Waals surface area contributed by atoms with Gasteiger partial charge in [-0.3, -0.25) is 9.71 Å². The Bertz CT molecular complexity index is 1020. The van der Waals surface area contributed by atoms with Gasteiger partial charge in [-0.1, -0.05) is 6.07 Å². The molecule has 0 atom stereocenters. The average molecular weight is 467 g/mol. The summed E-state index contributed by atoms with van der Waals surface area (Å²) in [7, 11) is -3.66. The molecule has 7 nitrogen and oxygen atoms in total. The third kappa shape index (κ3) is 5.28. The van der Waals surface area contributed by atoms with Crippen molar-refractivity contribution in [3.63, 3.8) is 0 Å². The third-order valence-corrected chi connectivity index (χ3v) is 7.45. The standard InChI is InChI=1S/C17H15BrN4O3S2/c18-15-7-9-26-16(15)27(24,25)22-14-5-3-13(4-6-14)21-17(23)20-11-12-2-1-8-19-10-12/h1-10,22H,11H2,(H2,20,21,23). The number of hydrogen-bond acceptors (Lipinski definition) is 5. The van der Waals surface area contributed by atoms with Crippen molar-refractivity contribution in [3.05, 3.63) is 70.3 Å². The van der Waals surface area contributed by atoms with E-state index in [2.05, 4.69) is 36.3 Å². The largest absolute Gasteiger partial charge is 0.334 e. The number of anilines is 2. The van der Waals surface area contributed by atoms with Crippen LogP contribution >= 0.6 is 27.3 Å². The number of nitrogens with zero attached hydrogens (tertiary/aromatic N) is 1. The van der Waals surface area contributed by atoms with E-state index < -0.39 is 10.0 Å². The molecular weight excluding hydrogens is 452 g/mol. The van der Waals surface area contributed by atoms with Crippen molar-refractivity contribution in [2.24, 2.45) is 0 Å². The summed E-state index contributed by atoms with van der Waals surface area (Å²) in [4.78, 5) is 15.9. The summed E-state index contributed by atoms with van der Waals surface area (Å²) in [6.45, 7) is 0.354. The molecule has 0 saturated heterocycles. The Morgan fingerprint density at radius 1 is 1.11 bits per heavy atom. The van der Waals surface area contributed by atoms with Crippen LogP contribution in [0.5, 0.6) is 0 Å². The number of hydrogen-bond donors (Lipinski definition) is 3. The first-order chi connectivity index (χ1) is 12.9. The molecule has 140 valence electrons. The van der Waals surface area contributed by atoms with Crippen LogP contribution in [0.15, 0.2) is 68.9 Å². The van der Waals surface area contributed by atoms with Gasteiger partial charge in [0.2, 0.25) is 0 Å². The summed E-state index contributed by atoms with van der Waals surface area (Å²) in [5, 5.41) is 7.10. The number of carbonyl (C=O) groups is 1. The maximum atomic E-state index is 12.4. The number of benzene rings is 1. The van der Waals surface area contributed by atoms with Gasteiger partial charge in [-0.25, -0.2) is 13.2 Å². The zero-order chi connectivity index (χ0) is 19.3. The molecule has 27 heavy (non-hydrogen) atoms. The highest BCUT2D eigenvalue weighted by Crippen LogP contribution is 2.29. The lowest BCUT2D eigenvalue weighted by Crippen LogP contribution is -2.28. The van der Waals surface area contributed by atoms with Crippen molar-refractivity contribution in [1.29, 1.82) is 0 Å². The molecule has 0 aliphatic carbocycles. The number of aromatic nitrogens is 1. The van der Waals surface area contributed by atoms with Crippen molar-refractivity contribution < 1.29 is 13.2 Å². The SMILES string of the molecule is O=C(NCc1cccnc1)Nc1ccc(NS(=O)(=O)c2sccc2Br)cc1. The first-order valence-corrected chi connectivity index (χ1v) is 10.9. The fraction of sp³-hybridized carbons (Fsp3) is 0.0588. The van der Waals surface area contributed by atoms with E-state index in [0.717, 1.165) is 16.9 Å². The summed E-state index contributed by atoms with van der Waals surface area (Å²) in [5.41, 5.74) is 1.83. The monoisotopic (exact) mass is 466 g/mol. The van der Waals surface area contributed by atoms with Crippen molar-refractivity contribution in [3.8, 4) is 0 Å². The van der Waals surface area contributed by atoms with Gasteiger partial charge in [0.25, 0.3) is 10.0 Å². The molecule has 0 bridgehead atoms. The van der Waals surface area contributed by atoms with Crippen LogP contribution in [0.25, 0.3) is 0 Å². The van der Waals surface area contributed by atoms with Crippen LogP contribution in [0.3, 0.4) is 0 Å². The number of nitrogens with one attached hydrogen (secondary N) is 3. The lowest BCUT2D eigenvalue weighted by atomic mass is 10.3. The van der Waals surface area contributed by atoms with Gasteiger partial charge in [-0.15, -0.1) is 11.3 Å². The van der Waals surface area contributed by atoms with Crippen molar-refractivity contribution in [2.45, 2.75) is 10.8 Å². The Balaban J connectivity index is 1.57. The number of halogens is 1. The van der Waals surface area contributed by atoms with Crippen molar-refractivity contribution in [1.82, 2.24) is 10.3 Å². The Hall–Kier alpha value is -2.43. The van der Waals surface area contributed by atoms with E-state index in [1.165, 1.54) is 0 Å². The first-order valence-electron chi connectivity index (χ1n) is 7.74. The van der Waals surface area contributed by atoms with Crippen LogP contribution in [0.2, 0.25) is 0 Å². The fourth-order valence-electron chi connectivity index (χ4n) is 2.16. The summed E-state index contributed by atoms with van der Waals surface area (Å²) in [6, 6.07) is 11.4. The molecule has 3 rings (SSSR count). The molecule has 2 amide bonds. The second kappa shape index (κ2) is 8.51. The Labute approximate surface area is 169 Å². The minimum Gasteiger partial charge on any atom is -0.334 e. The van der Waals surface area contributed by atoms with Gasteiger partial charge in [0.1, 0.15) is 0 Å². The second-order valence-electron chi connectivity index (χ2n) is 5.41. The molecule has 3 aromatic rings. The lowest BCUT2D eigenvalue weighted by molar-refractivity contribution is 0.251. The van der Waals surface area contributed by atoms with Crippen LogP contribution in [0.4, 0.5) is 16.2 Å². The van der Waals surface area contributed by atoms with Gasteiger partial charge in [-0.05, 0) is 63.3 Å². The summed E-state index contributed by atoms with van der Waals surface area (Å²) < 4.78 is 27.9. The molecule has 0 aliphatic rings. The molecule has 0 fully saturated rings. The maximum absolute atomic E-state index is 12.4. The summed E-state index contributed by atoms with van der Waals surface area (Å²) in [5.74, 6) is 0. The van der Waals surface area contributed by atoms with E-state index in [1.54, 1.807) is 54.2 Å². The van der Waals surface area contributed by atoms with Gasteiger partial charge in [-0.2, -0.15) is 0 Å². The molecule has 0 unspecified atom stereocenters. The minimum absolute atomic E-state index is 0.208. The van der Waals surface area contributed by atoms with Crippen molar-refractivity contribution in [2.75, 3.05) is 10.0 Å². The van der Waals surface area contributed by atoms with E-state index in [1.807, 2.05) is 6.07 Å². The molecule has 10 heteroatoms. The minimum atomic E-state index is -3.66. The van der Waals surface area contributed by atoms with Crippen LogP contribution in [0.1, 0.15) is 5.56 Å². The quantitative estimate of drug-likeness (QED) is 0.510. The third-order valence-electron chi connectivity index (χ3n) is 3.40. The lowest BCUT2D eigenvalue weighted by Gasteiger charge is -2.10. The first kappa shape index (κ1) is 19.3. The zero-order valence-electron chi connectivity index (χ0n) is 13.8. The average Bonchev–Trinajstić information content (AvgIpc) is 3.09. The maximum Gasteiger partial charge on any atom is 0.319 e. The number of urea groups is 1. The smallest absolute Gasteiger partial charge is 0.319 e. The summed E-state index contributed by atoms with van der Waals surface area (Å²) in [6.07, 6.45) is 3.34. The van der Waals surface area contributed by atoms with Gasteiger partial charge < -0.3 is 10.6 Å². The fourth-order valence-corrected chi connectivity index (χ4v) is 5.55. The highest BCUT2D eigenvalue weighted by molar-refractivity contribution is 9.10. The van der Waals surface area contributed by atoms with Crippen LogP contribution in [0, 0.1) is 0 Å². The molecule has 3 N–H and O–H groups in total. The second-order valence-corrected chi connectivity index (χ2v) is 9.06. The number of rotatable bonds is 6. The van der Waals surface area contributed by atoms with Gasteiger partial charge >= 0.3 is 6.03 Å². The predicted octanol–water partition coefficient (Wildman–Crippen LogP) is 4.03. The van der Waals surface area contributed by atoms with Crippen LogP contribution < -0.4 is 15.4 Å².